The average molecular weight is 138 g/mol. The van der Waals surface area contributed by atoms with Crippen LogP contribution in [0.1, 0.15) is 46.0 Å². The summed E-state index contributed by atoms with van der Waals surface area (Å²) >= 11 is 0. The first kappa shape index (κ1) is 7.84. The lowest BCUT2D eigenvalue weighted by molar-refractivity contribution is 0.692. The molecule has 0 bridgehead atoms. The maximum absolute atomic E-state index is 2.46. The van der Waals surface area contributed by atoms with E-state index in [0.29, 0.717) is 0 Å². The van der Waals surface area contributed by atoms with E-state index in [4.69, 9.17) is 0 Å². The standard InChI is InChI=1S/C10H18/c1-3-4-7-10-8-5-6-9(10)2/h7,9H,3-6,8H2,1-2H3. The highest BCUT2D eigenvalue weighted by atomic mass is 14.2. The molecular weight excluding hydrogens is 120 g/mol. The summed E-state index contributed by atoms with van der Waals surface area (Å²) in [5, 5.41) is 0. The molecule has 1 unspecified atom stereocenters. The molecule has 58 valence electrons. The summed E-state index contributed by atoms with van der Waals surface area (Å²) in [4.78, 5) is 0. The van der Waals surface area contributed by atoms with Gasteiger partial charge in [0.1, 0.15) is 0 Å². The molecule has 1 rings (SSSR count). The van der Waals surface area contributed by atoms with Crippen LogP contribution in [0.25, 0.3) is 0 Å². The molecule has 0 aromatic carbocycles. The summed E-state index contributed by atoms with van der Waals surface area (Å²) in [7, 11) is 0. The van der Waals surface area contributed by atoms with Crippen molar-refractivity contribution in [3.63, 3.8) is 0 Å². The van der Waals surface area contributed by atoms with Gasteiger partial charge in [0.25, 0.3) is 0 Å². The fourth-order valence-electron chi connectivity index (χ4n) is 1.68. The van der Waals surface area contributed by atoms with Crippen LogP contribution < -0.4 is 0 Å². The average Bonchev–Trinajstić information content (AvgIpc) is 2.31. The summed E-state index contributed by atoms with van der Waals surface area (Å²) in [6.45, 7) is 4.60. The SMILES string of the molecule is CCCC=C1CCCC1C. The van der Waals surface area contributed by atoms with Crippen LogP contribution in [0.3, 0.4) is 0 Å². The van der Waals surface area contributed by atoms with Crippen molar-refractivity contribution in [1.29, 1.82) is 0 Å². The van der Waals surface area contributed by atoms with Crippen molar-refractivity contribution in [2.75, 3.05) is 0 Å². The first-order valence-electron chi connectivity index (χ1n) is 4.53. The molecule has 0 aliphatic heterocycles. The van der Waals surface area contributed by atoms with Crippen molar-refractivity contribution in [3.8, 4) is 0 Å². The Hall–Kier alpha value is -0.260. The fraction of sp³-hybridized carbons (Fsp3) is 0.800. The summed E-state index contributed by atoms with van der Waals surface area (Å²) in [5.41, 5.74) is 1.72. The molecule has 0 amide bonds. The molecule has 0 heteroatoms. The Morgan fingerprint density at radius 2 is 2.40 bits per heavy atom. The van der Waals surface area contributed by atoms with Gasteiger partial charge in [-0.15, -0.1) is 0 Å². The number of allylic oxidation sites excluding steroid dienone is 2. The monoisotopic (exact) mass is 138 g/mol. The summed E-state index contributed by atoms with van der Waals surface area (Å²) in [6, 6.07) is 0. The maximum atomic E-state index is 2.46. The van der Waals surface area contributed by atoms with Crippen LogP contribution in [0.2, 0.25) is 0 Å². The van der Waals surface area contributed by atoms with Gasteiger partial charge in [-0.2, -0.15) is 0 Å². The number of rotatable bonds is 2. The minimum atomic E-state index is 0.895. The van der Waals surface area contributed by atoms with Gasteiger partial charge in [0.2, 0.25) is 0 Å². The van der Waals surface area contributed by atoms with Crippen LogP contribution >= 0.6 is 0 Å². The van der Waals surface area contributed by atoms with E-state index < -0.39 is 0 Å². The van der Waals surface area contributed by atoms with E-state index in [-0.39, 0.29) is 0 Å². The Labute approximate surface area is 64.3 Å². The minimum Gasteiger partial charge on any atom is -0.0851 e. The quantitative estimate of drug-likeness (QED) is 0.512. The Morgan fingerprint density at radius 1 is 1.60 bits per heavy atom. The van der Waals surface area contributed by atoms with E-state index in [0.717, 1.165) is 5.92 Å². The number of hydrogen-bond donors (Lipinski definition) is 0. The molecule has 0 nitrogen and oxygen atoms in total. The normalized spacial score (nSPS) is 29.8. The summed E-state index contributed by atoms with van der Waals surface area (Å²) in [5.74, 6) is 0.895. The molecule has 0 saturated heterocycles. The lowest BCUT2D eigenvalue weighted by Crippen LogP contribution is -1.87. The highest BCUT2D eigenvalue weighted by Gasteiger charge is 2.14. The highest BCUT2D eigenvalue weighted by molar-refractivity contribution is 5.09. The van der Waals surface area contributed by atoms with Crippen molar-refractivity contribution in [3.05, 3.63) is 11.6 Å². The second-order valence-electron chi connectivity index (χ2n) is 3.36. The van der Waals surface area contributed by atoms with Gasteiger partial charge in [-0.1, -0.05) is 31.9 Å². The Kier molecular flexibility index (Phi) is 2.98. The van der Waals surface area contributed by atoms with Crippen molar-refractivity contribution >= 4 is 0 Å². The lowest BCUT2D eigenvalue weighted by Gasteiger charge is -2.02. The van der Waals surface area contributed by atoms with Gasteiger partial charge in [-0.3, -0.25) is 0 Å². The maximum Gasteiger partial charge on any atom is -0.0232 e. The molecule has 1 saturated carbocycles. The molecule has 0 heterocycles. The molecule has 0 aromatic heterocycles. The van der Waals surface area contributed by atoms with Crippen LogP contribution in [0.5, 0.6) is 0 Å². The third-order valence-corrected chi connectivity index (χ3v) is 2.43. The Bertz CT molecular complexity index is 122. The summed E-state index contributed by atoms with van der Waals surface area (Å²) < 4.78 is 0. The van der Waals surface area contributed by atoms with Gasteiger partial charge in [0, 0.05) is 0 Å². The molecule has 0 aromatic rings. The van der Waals surface area contributed by atoms with Crippen LogP contribution in [0, 0.1) is 5.92 Å². The molecule has 0 spiro atoms. The second-order valence-corrected chi connectivity index (χ2v) is 3.36. The van der Waals surface area contributed by atoms with Gasteiger partial charge >= 0.3 is 0 Å². The van der Waals surface area contributed by atoms with Crippen LogP contribution in [0.4, 0.5) is 0 Å². The first-order chi connectivity index (χ1) is 4.84. The van der Waals surface area contributed by atoms with Gasteiger partial charge in [-0.25, -0.2) is 0 Å². The summed E-state index contributed by atoms with van der Waals surface area (Å²) in [6.07, 6.45) is 9.28. The zero-order valence-electron chi connectivity index (χ0n) is 7.19. The molecule has 10 heavy (non-hydrogen) atoms. The topological polar surface area (TPSA) is 0 Å². The largest absolute Gasteiger partial charge is 0.0851 e. The van der Waals surface area contributed by atoms with Crippen molar-refractivity contribution in [2.45, 2.75) is 46.0 Å². The van der Waals surface area contributed by atoms with Crippen LogP contribution in [-0.4, -0.2) is 0 Å². The van der Waals surface area contributed by atoms with E-state index in [1.807, 2.05) is 0 Å². The molecule has 1 aliphatic rings. The van der Waals surface area contributed by atoms with Gasteiger partial charge in [-0.05, 0) is 31.6 Å². The predicted molar refractivity (Wildman–Crippen MR) is 46.0 cm³/mol. The van der Waals surface area contributed by atoms with E-state index in [1.54, 1.807) is 5.57 Å². The lowest BCUT2D eigenvalue weighted by atomic mass is 10.0. The van der Waals surface area contributed by atoms with E-state index in [9.17, 15) is 0 Å². The van der Waals surface area contributed by atoms with Crippen LogP contribution in [-0.2, 0) is 0 Å². The molecule has 1 fully saturated rings. The van der Waals surface area contributed by atoms with Gasteiger partial charge < -0.3 is 0 Å². The van der Waals surface area contributed by atoms with Crippen molar-refractivity contribution in [2.24, 2.45) is 5.92 Å². The number of unbranched alkanes of at least 4 members (excludes halogenated alkanes) is 1. The van der Waals surface area contributed by atoms with E-state index in [1.165, 1.54) is 32.1 Å². The van der Waals surface area contributed by atoms with Gasteiger partial charge in [0.05, 0.1) is 0 Å². The molecule has 1 atom stereocenters. The predicted octanol–water partition coefficient (Wildman–Crippen LogP) is 3.53. The van der Waals surface area contributed by atoms with Crippen molar-refractivity contribution < 1.29 is 0 Å². The minimum absolute atomic E-state index is 0.895. The highest BCUT2D eigenvalue weighted by Crippen LogP contribution is 2.30. The van der Waals surface area contributed by atoms with Gasteiger partial charge in [0.15, 0.2) is 0 Å². The van der Waals surface area contributed by atoms with E-state index in [2.05, 4.69) is 19.9 Å². The fourth-order valence-corrected chi connectivity index (χ4v) is 1.68. The molecular formula is C10H18. The molecule has 1 aliphatic carbocycles. The van der Waals surface area contributed by atoms with Crippen molar-refractivity contribution in [1.82, 2.24) is 0 Å². The van der Waals surface area contributed by atoms with E-state index >= 15 is 0 Å². The zero-order chi connectivity index (χ0) is 7.40. The molecule has 0 radical (unpaired) electrons. The third-order valence-electron chi connectivity index (χ3n) is 2.43. The Balaban J connectivity index is 2.38. The second kappa shape index (κ2) is 3.80. The zero-order valence-corrected chi connectivity index (χ0v) is 7.19. The number of hydrogen-bond acceptors (Lipinski definition) is 0. The Morgan fingerprint density at radius 3 is 2.90 bits per heavy atom. The molecule has 0 N–H and O–H groups in total. The third kappa shape index (κ3) is 1.86. The smallest absolute Gasteiger partial charge is 0.0232 e. The van der Waals surface area contributed by atoms with Crippen LogP contribution in [0.15, 0.2) is 11.6 Å². The first-order valence-corrected chi connectivity index (χ1v) is 4.53.